The van der Waals surface area contributed by atoms with Gasteiger partial charge in [-0.05, 0) is 51.5 Å². The van der Waals surface area contributed by atoms with Crippen molar-refractivity contribution in [3.63, 3.8) is 0 Å². The Morgan fingerprint density at radius 2 is 1.81 bits per heavy atom. The average molecular weight is 351 g/mol. The molecule has 2 aromatic rings. The number of nitrogens with one attached hydrogen (secondary N) is 1. The molecule has 1 atom stereocenters. The van der Waals surface area contributed by atoms with Gasteiger partial charge in [0.25, 0.3) is 0 Å². The lowest BCUT2D eigenvalue weighted by molar-refractivity contribution is 0.00578. The third-order valence-electron chi connectivity index (χ3n) is 4.60. The van der Waals surface area contributed by atoms with Gasteiger partial charge in [-0.1, -0.05) is 15.9 Å². The fourth-order valence-electron chi connectivity index (χ4n) is 2.57. The molecule has 1 aromatic heterocycles. The van der Waals surface area contributed by atoms with E-state index < -0.39 is 7.12 Å². The summed E-state index contributed by atoms with van der Waals surface area (Å²) in [5, 5.41) is 1.09. The number of nitrogens with two attached hydrogens (primary N) is 1. The molecule has 1 aliphatic rings. The topological polar surface area (TPSA) is 60.3 Å². The van der Waals surface area contributed by atoms with Crippen LogP contribution in [-0.4, -0.2) is 23.3 Å². The van der Waals surface area contributed by atoms with Crippen molar-refractivity contribution in [3.05, 3.63) is 34.4 Å². The van der Waals surface area contributed by atoms with E-state index in [9.17, 15) is 0 Å². The standard InChI is InChI=1S/C15H20BBrN2O2/c1-14(2)15(3,4)21-16(20-14)13(18)11-8-19-12-6-5-9(17)7-10(11)12/h5-8,13,19H,18H2,1-4H3/t13-/m0/s1. The zero-order valence-electron chi connectivity index (χ0n) is 12.7. The third-order valence-corrected chi connectivity index (χ3v) is 5.09. The molecule has 1 aliphatic heterocycles. The highest BCUT2D eigenvalue weighted by molar-refractivity contribution is 9.10. The van der Waals surface area contributed by atoms with Crippen LogP contribution in [0.25, 0.3) is 10.9 Å². The predicted molar refractivity (Wildman–Crippen MR) is 89.0 cm³/mol. The quantitative estimate of drug-likeness (QED) is 0.814. The number of H-pyrrole nitrogens is 1. The van der Waals surface area contributed by atoms with E-state index in [0.29, 0.717) is 0 Å². The Bertz CT molecular complexity index is 667. The number of benzene rings is 1. The predicted octanol–water partition coefficient (Wildman–Crippen LogP) is 3.56. The number of aromatic nitrogens is 1. The minimum Gasteiger partial charge on any atom is -0.402 e. The average Bonchev–Trinajstić information content (AvgIpc) is 2.87. The molecule has 3 N–H and O–H groups in total. The highest BCUT2D eigenvalue weighted by atomic mass is 79.9. The molecule has 2 heterocycles. The van der Waals surface area contributed by atoms with Gasteiger partial charge < -0.3 is 20.0 Å². The fraction of sp³-hybridized carbons (Fsp3) is 0.467. The van der Waals surface area contributed by atoms with Crippen molar-refractivity contribution in [2.24, 2.45) is 5.73 Å². The molecule has 1 fully saturated rings. The van der Waals surface area contributed by atoms with Crippen LogP contribution in [0.15, 0.2) is 28.9 Å². The summed E-state index contributed by atoms with van der Waals surface area (Å²) in [6, 6.07) is 6.09. The summed E-state index contributed by atoms with van der Waals surface area (Å²) in [7, 11) is -0.451. The number of halogens is 1. The van der Waals surface area contributed by atoms with E-state index in [1.165, 1.54) is 0 Å². The summed E-state index contributed by atoms with van der Waals surface area (Å²) >= 11 is 3.50. The van der Waals surface area contributed by atoms with Crippen LogP contribution < -0.4 is 5.73 Å². The number of aromatic amines is 1. The zero-order chi connectivity index (χ0) is 15.4. The zero-order valence-corrected chi connectivity index (χ0v) is 14.3. The minimum absolute atomic E-state index is 0.339. The first-order chi connectivity index (χ1) is 9.71. The summed E-state index contributed by atoms with van der Waals surface area (Å²) < 4.78 is 13.1. The van der Waals surface area contributed by atoms with Crippen LogP contribution >= 0.6 is 15.9 Å². The number of hydrogen-bond acceptors (Lipinski definition) is 3. The normalized spacial score (nSPS) is 21.9. The summed E-state index contributed by atoms with van der Waals surface area (Å²) in [6.45, 7) is 8.13. The molecule has 21 heavy (non-hydrogen) atoms. The molecule has 4 nitrogen and oxygen atoms in total. The van der Waals surface area contributed by atoms with Crippen LogP contribution in [0.1, 0.15) is 39.2 Å². The highest BCUT2D eigenvalue weighted by Crippen LogP contribution is 2.40. The lowest BCUT2D eigenvalue weighted by Crippen LogP contribution is -2.41. The second-order valence-corrected chi connectivity index (χ2v) is 7.50. The Morgan fingerprint density at radius 3 is 2.43 bits per heavy atom. The monoisotopic (exact) mass is 350 g/mol. The van der Waals surface area contributed by atoms with E-state index >= 15 is 0 Å². The summed E-state index contributed by atoms with van der Waals surface area (Å²) in [5.74, 6) is -0.339. The molecule has 0 spiro atoms. The molecule has 1 aromatic carbocycles. The van der Waals surface area contributed by atoms with Gasteiger partial charge in [0.05, 0.1) is 17.1 Å². The van der Waals surface area contributed by atoms with Gasteiger partial charge in [0, 0.05) is 21.6 Å². The van der Waals surface area contributed by atoms with Crippen LogP contribution in [0.4, 0.5) is 0 Å². The maximum atomic E-state index is 6.42. The van der Waals surface area contributed by atoms with E-state index in [2.05, 4.69) is 27.0 Å². The fourth-order valence-corrected chi connectivity index (χ4v) is 2.93. The maximum Gasteiger partial charge on any atom is 0.480 e. The van der Waals surface area contributed by atoms with Crippen molar-refractivity contribution in [3.8, 4) is 0 Å². The van der Waals surface area contributed by atoms with Crippen LogP contribution in [-0.2, 0) is 9.31 Å². The van der Waals surface area contributed by atoms with E-state index in [1.807, 2.05) is 46.0 Å². The van der Waals surface area contributed by atoms with Gasteiger partial charge in [0.1, 0.15) is 0 Å². The highest BCUT2D eigenvalue weighted by Gasteiger charge is 2.53. The van der Waals surface area contributed by atoms with Crippen molar-refractivity contribution in [2.45, 2.75) is 44.8 Å². The first-order valence-corrected chi connectivity index (χ1v) is 7.88. The number of rotatable bonds is 2. The first kappa shape index (κ1) is 15.1. The van der Waals surface area contributed by atoms with E-state index in [1.54, 1.807) is 0 Å². The largest absolute Gasteiger partial charge is 0.480 e. The van der Waals surface area contributed by atoms with Crippen molar-refractivity contribution in [2.75, 3.05) is 0 Å². The third kappa shape index (κ3) is 2.44. The Morgan fingerprint density at radius 1 is 1.19 bits per heavy atom. The van der Waals surface area contributed by atoms with Gasteiger partial charge in [0.15, 0.2) is 0 Å². The van der Waals surface area contributed by atoms with E-state index in [-0.39, 0.29) is 17.1 Å². The van der Waals surface area contributed by atoms with Gasteiger partial charge in [-0.25, -0.2) is 0 Å². The van der Waals surface area contributed by atoms with Gasteiger partial charge in [-0.15, -0.1) is 0 Å². The lowest BCUT2D eigenvalue weighted by Gasteiger charge is -2.32. The molecule has 3 rings (SSSR count). The van der Waals surface area contributed by atoms with Crippen molar-refractivity contribution in [1.82, 2.24) is 4.98 Å². The van der Waals surface area contributed by atoms with Gasteiger partial charge in [0.2, 0.25) is 0 Å². The molecule has 0 unspecified atom stereocenters. The van der Waals surface area contributed by atoms with Crippen molar-refractivity contribution >= 4 is 34.0 Å². The molecule has 0 bridgehead atoms. The van der Waals surface area contributed by atoms with Gasteiger partial charge >= 0.3 is 7.12 Å². The second-order valence-electron chi connectivity index (χ2n) is 6.58. The Balaban J connectivity index is 1.95. The molecule has 112 valence electrons. The van der Waals surface area contributed by atoms with Gasteiger partial charge in [-0.3, -0.25) is 0 Å². The summed E-state index contributed by atoms with van der Waals surface area (Å²) in [6.07, 6.45) is 1.94. The van der Waals surface area contributed by atoms with Crippen molar-refractivity contribution in [1.29, 1.82) is 0 Å². The number of hydrogen-bond donors (Lipinski definition) is 2. The number of fused-ring (bicyclic) bond motifs is 1. The smallest absolute Gasteiger partial charge is 0.402 e. The molecule has 0 aliphatic carbocycles. The molecule has 1 saturated heterocycles. The van der Waals surface area contributed by atoms with Crippen LogP contribution in [0, 0.1) is 0 Å². The SMILES string of the molecule is CC1(C)OB([C@@H](N)c2c[nH]c3ccc(Br)cc23)OC1(C)C. The molecule has 0 radical (unpaired) electrons. The summed E-state index contributed by atoms with van der Waals surface area (Å²) in [5.41, 5.74) is 7.73. The van der Waals surface area contributed by atoms with E-state index in [4.69, 9.17) is 15.0 Å². The first-order valence-electron chi connectivity index (χ1n) is 7.09. The Labute approximate surface area is 133 Å². The summed E-state index contributed by atoms with van der Waals surface area (Å²) in [4.78, 5) is 3.25. The van der Waals surface area contributed by atoms with Crippen molar-refractivity contribution < 1.29 is 9.31 Å². The van der Waals surface area contributed by atoms with Gasteiger partial charge in [-0.2, -0.15) is 0 Å². The van der Waals surface area contributed by atoms with Crippen LogP contribution in [0.2, 0.25) is 0 Å². The second kappa shape index (κ2) is 4.85. The molecule has 6 heteroatoms. The lowest BCUT2D eigenvalue weighted by atomic mass is 9.75. The van der Waals surface area contributed by atoms with Crippen LogP contribution in [0.5, 0.6) is 0 Å². The van der Waals surface area contributed by atoms with E-state index in [0.717, 1.165) is 20.9 Å². The molecular weight excluding hydrogens is 331 g/mol. The Kier molecular flexibility index (Phi) is 3.48. The Hall–Kier alpha value is -0.815. The van der Waals surface area contributed by atoms with Crippen LogP contribution in [0.3, 0.4) is 0 Å². The molecule has 0 amide bonds. The minimum atomic E-state index is -0.451. The molecular formula is C15H20BBrN2O2. The molecule has 0 saturated carbocycles. The maximum absolute atomic E-state index is 6.42.